The van der Waals surface area contributed by atoms with Crippen LogP contribution in [0.25, 0.3) is 22.2 Å². The summed E-state index contributed by atoms with van der Waals surface area (Å²) in [4.78, 5) is 8.81. The van der Waals surface area contributed by atoms with Crippen LogP contribution in [0.5, 0.6) is 5.75 Å². The normalized spacial score (nSPS) is 11.6. The molecule has 0 radical (unpaired) electrons. The van der Waals surface area contributed by atoms with Crippen molar-refractivity contribution in [3.05, 3.63) is 101 Å². The summed E-state index contributed by atoms with van der Waals surface area (Å²) >= 11 is 6.47. The number of rotatable bonds is 12. The zero-order chi connectivity index (χ0) is 28.8. The fraction of sp³-hybridized carbons (Fsp3) is 0.172. The molecule has 0 amide bonds. The van der Waals surface area contributed by atoms with Crippen molar-refractivity contribution >= 4 is 44.0 Å². The molecule has 0 unspecified atom stereocenters. The van der Waals surface area contributed by atoms with Crippen LogP contribution >= 0.6 is 11.6 Å². The molecule has 0 bridgehead atoms. The molecule has 5 rings (SSSR count). The molecule has 212 valence electrons. The summed E-state index contributed by atoms with van der Waals surface area (Å²) in [5, 5.41) is 7.63. The molecule has 2 heterocycles. The van der Waals surface area contributed by atoms with Crippen LogP contribution in [-0.2, 0) is 23.2 Å². The van der Waals surface area contributed by atoms with Crippen LogP contribution in [-0.4, -0.2) is 37.7 Å². The lowest BCUT2D eigenvalue weighted by molar-refractivity contribution is 0.306. The van der Waals surface area contributed by atoms with Gasteiger partial charge in [0.15, 0.2) is 0 Å². The summed E-state index contributed by atoms with van der Waals surface area (Å²) in [6.45, 7) is 1.41. The van der Waals surface area contributed by atoms with Gasteiger partial charge in [0.1, 0.15) is 41.8 Å². The van der Waals surface area contributed by atoms with Gasteiger partial charge in [0, 0.05) is 29.7 Å². The number of benzene rings is 3. The highest BCUT2D eigenvalue weighted by atomic mass is 35.5. The Morgan fingerprint density at radius 3 is 2.68 bits per heavy atom. The molecule has 5 aromatic rings. The Morgan fingerprint density at radius 2 is 1.88 bits per heavy atom. The zero-order valence-corrected chi connectivity index (χ0v) is 23.6. The van der Waals surface area contributed by atoms with Gasteiger partial charge in [-0.2, -0.15) is 0 Å². The Bertz CT molecular complexity index is 1780. The van der Waals surface area contributed by atoms with E-state index >= 15 is 0 Å². The van der Waals surface area contributed by atoms with Gasteiger partial charge in [0.25, 0.3) is 0 Å². The molecule has 9 nitrogen and oxygen atoms in total. The van der Waals surface area contributed by atoms with E-state index in [2.05, 4.69) is 25.3 Å². The Labute approximate surface area is 241 Å². The minimum atomic E-state index is -3.21. The second-order valence-electron chi connectivity index (χ2n) is 9.25. The molecule has 0 saturated carbocycles. The van der Waals surface area contributed by atoms with Crippen LogP contribution in [0.15, 0.2) is 83.5 Å². The third-order valence-electron chi connectivity index (χ3n) is 6.02. The number of nitrogens with zero attached hydrogens (tertiary/aromatic N) is 2. The quantitative estimate of drug-likeness (QED) is 0.159. The van der Waals surface area contributed by atoms with Gasteiger partial charge in [-0.1, -0.05) is 23.7 Å². The molecule has 41 heavy (non-hydrogen) atoms. The van der Waals surface area contributed by atoms with E-state index in [9.17, 15) is 12.8 Å². The Kier molecular flexibility index (Phi) is 8.79. The first kappa shape index (κ1) is 28.5. The average Bonchev–Trinajstić information content (AvgIpc) is 3.41. The Balaban J connectivity index is 1.26. The lowest BCUT2D eigenvalue weighted by Gasteiger charge is -2.12. The molecule has 12 heteroatoms. The van der Waals surface area contributed by atoms with Crippen molar-refractivity contribution in [3.63, 3.8) is 0 Å². The van der Waals surface area contributed by atoms with E-state index in [1.165, 1.54) is 18.5 Å². The van der Waals surface area contributed by atoms with Crippen LogP contribution < -0.4 is 20.1 Å². The number of aromatic nitrogens is 2. The van der Waals surface area contributed by atoms with Gasteiger partial charge in [-0.05, 0) is 66.2 Å². The summed E-state index contributed by atoms with van der Waals surface area (Å²) in [7, 11) is -3.21. The standard InChI is InChI=1S/C29H27ClFN5O4S/c1-41(37,38)35-12-11-32-16-23-7-10-27(40-23)20-5-8-26-24(14-20)29(34-18-33-26)36-22-6-9-28(25(30)15-22)39-17-19-3-2-4-21(31)13-19/h2-10,13-15,18,32,35H,11-12,16-17H2,1H3,(H,33,34,36). The maximum absolute atomic E-state index is 13.4. The number of hydrogen-bond acceptors (Lipinski definition) is 8. The van der Waals surface area contributed by atoms with Crippen molar-refractivity contribution < 1.29 is 22.0 Å². The number of hydrogen-bond donors (Lipinski definition) is 3. The van der Waals surface area contributed by atoms with Crippen LogP contribution in [0, 0.1) is 5.82 Å². The lowest BCUT2D eigenvalue weighted by Crippen LogP contribution is -2.30. The van der Waals surface area contributed by atoms with Crippen LogP contribution in [0.2, 0.25) is 5.02 Å². The van der Waals surface area contributed by atoms with Crippen molar-refractivity contribution in [1.82, 2.24) is 20.0 Å². The number of nitrogens with one attached hydrogen (secondary N) is 3. The Morgan fingerprint density at radius 1 is 1.00 bits per heavy atom. The molecule has 0 aliphatic heterocycles. The van der Waals surface area contributed by atoms with Crippen molar-refractivity contribution in [2.45, 2.75) is 13.2 Å². The molecule has 3 aromatic carbocycles. The number of anilines is 2. The summed E-state index contributed by atoms with van der Waals surface area (Å²) in [6, 6.07) is 21.0. The number of fused-ring (bicyclic) bond motifs is 1. The van der Waals surface area contributed by atoms with Crippen LogP contribution in [0.1, 0.15) is 11.3 Å². The molecule has 0 atom stereocenters. The molecule has 0 fully saturated rings. The highest BCUT2D eigenvalue weighted by Crippen LogP contribution is 2.32. The van der Waals surface area contributed by atoms with E-state index in [1.807, 2.05) is 36.4 Å². The van der Waals surface area contributed by atoms with Crippen molar-refractivity contribution in [1.29, 1.82) is 0 Å². The van der Waals surface area contributed by atoms with E-state index in [4.69, 9.17) is 20.8 Å². The van der Waals surface area contributed by atoms with E-state index in [0.717, 1.165) is 28.5 Å². The smallest absolute Gasteiger partial charge is 0.208 e. The second kappa shape index (κ2) is 12.6. The molecular weight excluding hydrogens is 569 g/mol. The SMILES string of the molecule is CS(=O)(=O)NCCNCc1ccc(-c2ccc3ncnc(Nc4ccc(OCc5cccc(F)c5)c(Cl)c4)c3c2)o1. The van der Waals surface area contributed by atoms with E-state index in [0.29, 0.717) is 53.2 Å². The summed E-state index contributed by atoms with van der Waals surface area (Å²) in [5.74, 6) is 2.14. The third kappa shape index (κ3) is 7.80. The van der Waals surface area contributed by atoms with Gasteiger partial charge in [-0.25, -0.2) is 27.5 Å². The van der Waals surface area contributed by atoms with Crippen LogP contribution in [0.4, 0.5) is 15.9 Å². The Hall–Kier alpha value is -4.03. The first-order valence-corrected chi connectivity index (χ1v) is 14.9. The monoisotopic (exact) mass is 595 g/mol. The molecule has 0 saturated heterocycles. The molecule has 0 aliphatic carbocycles. The van der Waals surface area contributed by atoms with Gasteiger partial charge in [-0.3, -0.25) is 0 Å². The summed E-state index contributed by atoms with van der Waals surface area (Å²) in [6.07, 6.45) is 2.61. The van der Waals surface area contributed by atoms with Crippen LogP contribution in [0.3, 0.4) is 0 Å². The van der Waals surface area contributed by atoms with Gasteiger partial charge < -0.3 is 19.8 Å². The van der Waals surface area contributed by atoms with Gasteiger partial charge in [-0.15, -0.1) is 0 Å². The summed E-state index contributed by atoms with van der Waals surface area (Å²) in [5.41, 5.74) is 3.00. The fourth-order valence-electron chi connectivity index (χ4n) is 4.09. The lowest BCUT2D eigenvalue weighted by atomic mass is 10.1. The topological polar surface area (TPSA) is 118 Å². The van der Waals surface area contributed by atoms with Crippen molar-refractivity contribution in [2.75, 3.05) is 24.7 Å². The highest BCUT2D eigenvalue weighted by molar-refractivity contribution is 7.88. The predicted molar refractivity (Wildman–Crippen MR) is 157 cm³/mol. The number of furan rings is 1. The molecule has 0 aliphatic rings. The van der Waals surface area contributed by atoms with Gasteiger partial charge in [0.05, 0.1) is 23.3 Å². The zero-order valence-electron chi connectivity index (χ0n) is 22.0. The summed E-state index contributed by atoms with van der Waals surface area (Å²) < 4.78 is 50.0. The van der Waals surface area contributed by atoms with Gasteiger partial charge >= 0.3 is 0 Å². The minimum absolute atomic E-state index is 0.189. The number of ether oxygens (including phenoxy) is 1. The maximum Gasteiger partial charge on any atom is 0.208 e. The average molecular weight is 596 g/mol. The van der Waals surface area contributed by atoms with Crippen molar-refractivity contribution in [2.24, 2.45) is 0 Å². The van der Waals surface area contributed by atoms with E-state index < -0.39 is 10.0 Å². The minimum Gasteiger partial charge on any atom is -0.487 e. The number of halogens is 2. The van der Waals surface area contributed by atoms with Crippen molar-refractivity contribution in [3.8, 4) is 17.1 Å². The maximum atomic E-state index is 13.4. The van der Waals surface area contributed by atoms with Gasteiger partial charge in [0.2, 0.25) is 10.0 Å². The first-order chi connectivity index (χ1) is 19.7. The molecular formula is C29H27ClFN5O4S. The molecule has 3 N–H and O–H groups in total. The third-order valence-corrected chi connectivity index (χ3v) is 7.05. The largest absolute Gasteiger partial charge is 0.487 e. The van der Waals surface area contributed by atoms with E-state index in [1.54, 1.807) is 24.3 Å². The second-order valence-corrected chi connectivity index (χ2v) is 11.5. The predicted octanol–water partition coefficient (Wildman–Crippen LogP) is 5.64. The molecule has 2 aromatic heterocycles. The molecule has 0 spiro atoms. The number of sulfonamides is 1. The van der Waals surface area contributed by atoms with E-state index in [-0.39, 0.29) is 12.4 Å². The highest BCUT2D eigenvalue weighted by Gasteiger charge is 2.11. The first-order valence-electron chi connectivity index (χ1n) is 12.7. The fourth-order valence-corrected chi connectivity index (χ4v) is 4.80.